The lowest BCUT2D eigenvalue weighted by Gasteiger charge is -2.38. The van der Waals surface area contributed by atoms with E-state index in [0.717, 1.165) is 25.1 Å². The van der Waals surface area contributed by atoms with Gasteiger partial charge >= 0.3 is 12.2 Å². The SMILES string of the molecule is C=CC(=O)N1CCN(c2nc(OC)nc3c2CCN(c2cccc(Cl)c2C(F)(F)F)C3)CC1.CC#N.CN1CCC(O)C1. The van der Waals surface area contributed by atoms with Gasteiger partial charge in [-0.05, 0) is 38.1 Å². The first kappa shape index (κ1) is 33.9. The van der Waals surface area contributed by atoms with Crippen molar-refractivity contribution in [1.29, 1.82) is 5.26 Å². The van der Waals surface area contributed by atoms with Crippen molar-refractivity contribution < 1.29 is 27.8 Å². The molecule has 10 nitrogen and oxygen atoms in total. The monoisotopic (exact) mass is 623 g/mol. The number of amides is 1. The number of alkyl halides is 3. The Bertz CT molecular complexity index is 1310. The fourth-order valence-corrected chi connectivity index (χ4v) is 5.46. The molecule has 3 aliphatic rings. The van der Waals surface area contributed by atoms with Gasteiger partial charge in [0.1, 0.15) is 5.82 Å². The topological polar surface area (TPSA) is 109 Å². The first-order valence-corrected chi connectivity index (χ1v) is 14.2. The van der Waals surface area contributed by atoms with E-state index in [-0.39, 0.29) is 35.3 Å². The number of carbonyl (C=O) groups is 1. The molecule has 0 spiro atoms. The third kappa shape index (κ3) is 8.72. The normalized spacial score (nSPS) is 18.4. The molecule has 14 heteroatoms. The number of rotatable bonds is 4. The fourth-order valence-electron chi connectivity index (χ4n) is 5.18. The van der Waals surface area contributed by atoms with Crippen molar-refractivity contribution in [3.63, 3.8) is 0 Å². The van der Waals surface area contributed by atoms with E-state index in [1.807, 2.05) is 7.05 Å². The van der Waals surface area contributed by atoms with Crippen molar-refractivity contribution in [3.05, 3.63) is 52.7 Å². The number of likely N-dealkylation sites (N-methyl/N-ethyl adjacent to an activating group) is 1. The highest BCUT2D eigenvalue weighted by Gasteiger charge is 2.38. The lowest BCUT2D eigenvalue weighted by molar-refractivity contribution is -0.137. The minimum atomic E-state index is -4.58. The number of aromatic nitrogens is 2. The third-order valence-electron chi connectivity index (χ3n) is 7.25. The van der Waals surface area contributed by atoms with Crippen LogP contribution in [0.1, 0.15) is 30.2 Å². The smallest absolute Gasteiger partial charge is 0.419 e. The number of halogens is 4. The molecule has 1 unspecified atom stereocenters. The molecule has 1 atom stereocenters. The molecule has 0 saturated carbocycles. The van der Waals surface area contributed by atoms with Crippen LogP contribution in [0.15, 0.2) is 30.9 Å². The van der Waals surface area contributed by atoms with Gasteiger partial charge < -0.3 is 29.4 Å². The summed E-state index contributed by atoms with van der Waals surface area (Å²) in [4.78, 5) is 28.4. The van der Waals surface area contributed by atoms with Gasteiger partial charge in [-0.1, -0.05) is 24.2 Å². The van der Waals surface area contributed by atoms with E-state index in [0.29, 0.717) is 50.7 Å². The second kappa shape index (κ2) is 15.2. The summed E-state index contributed by atoms with van der Waals surface area (Å²) in [5.41, 5.74) is 0.669. The van der Waals surface area contributed by atoms with Gasteiger partial charge in [0.15, 0.2) is 0 Å². The molecule has 1 aromatic heterocycles. The number of aliphatic hydroxyl groups is 1. The summed E-state index contributed by atoms with van der Waals surface area (Å²) in [7, 11) is 3.47. The summed E-state index contributed by atoms with van der Waals surface area (Å²) >= 11 is 5.92. The van der Waals surface area contributed by atoms with Crippen LogP contribution in [0.4, 0.5) is 24.7 Å². The first-order valence-electron chi connectivity index (χ1n) is 13.8. The molecule has 2 fully saturated rings. The molecular formula is C29H37ClF3N7O3. The van der Waals surface area contributed by atoms with Crippen LogP contribution in [0.5, 0.6) is 6.01 Å². The number of carbonyl (C=O) groups excluding carboxylic acids is 1. The van der Waals surface area contributed by atoms with Crippen molar-refractivity contribution in [2.45, 2.75) is 38.6 Å². The molecule has 43 heavy (non-hydrogen) atoms. The number of anilines is 2. The number of methoxy groups -OCH3 is 1. The van der Waals surface area contributed by atoms with Gasteiger partial charge in [-0.2, -0.15) is 28.4 Å². The second-order valence-electron chi connectivity index (χ2n) is 10.2. The number of nitriles is 1. The highest BCUT2D eigenvalue weighted by Crippen LogP contribution is 2.42. The number of benzene rings is 1. The average Bonchev–Trinajstić information content (AvgIpc) is 3.37. The van der Waals surface area contributed by atoms with Gasteiger partial charge in [-0.25, -0.2) is 0 Å². The molecule has 0 bridgehead atoms. The maximum Gasteiger partial charge on any atom is 0.419 e. The van der Waals surface area contributed by atoms with E-state index in [4.69, 9.17) is 26.7 Å². The highest BCUT2D eigenvalue weighted by molar-refractivity contribution is 6.31. The van der Waals surface area contributed by atoms with Crippen molar-refractivity contribution in [2.75, 3.05) is 69.8 Å². The maximum absolute atomic E-state index is 13.7. The van der Waals surface area contributed by atoms with E-state index >= 15 is 0 Å². The number of fused-ring (bicyclic) bond motifs is 1. The Labute approximate surface area is 254 Å². The summed E-state index contributed by atoms with van der Waals surface area (Å²) in [6, 6.07) is 6.08. The van der Waals surface area contributed by atoms with Crippen LogP contribution < -0.4 is 14.5 Å². The quantitative estimate of drug-likeness (QED) is 0.509. The lowest BCUT2D eigenvalue weighted by Crippen LogP contribution is -2.49. The molecule has 234 valence electrons. The van der Waals surface area contributed by atoms with E-state index in [1.54, 1.807) is 15.9 Å². The number of ether oxygens (including phenoxy) is 1. The largest absolute Gasteiger partial charge is 0.467 e. The Hall–Kier alpha value is -3.60. The standard InChI is InChI=1S/C22H23ClF3N5O2.C5H11NO.C2H3N/c1-3-18(32)29-9-11-30(12-10-29)20-14-7-8-31(13-16(14)27-21(28-20)33-2)17-6-4-5-15(23)19(17)22(24,25)26;1-6-3-2-5(7)4-6;1-2-3/h3-6H,1,7-13H2,2H3;5,7H,2-4H2,1H3;1H3. The Morgan fingerprint density at radius 1 is 1.19 bits per heavy atom. The number of aliphatic hydroxyl groups excluding tert-OH is 1. The number of hydrogen-bond acceptors (Lipinski definition) is 9. The highest BCUT2D eigenvalue weighted by atomic mass is 35.5. The number of piperazine rings is 1. The summed E-state index contributed by atoms with van der Waals surface area (Å²) < 4.78 is 46.4. The minimum Gasteiger partial charge on any atom is -0.467 e. The van der Waals surface area contributed by atoms with Crippen molar-refractivity contribution in [3.8, 4) is 12.1 Å². The van der Waals surface area contributed by atoms with Gasteiger partial charge in [0.2, 0.25) is 5.91 Å². The third-order valence-corrected chi connectivity index (χ3v) is 7.57. The van der Waals surface area contributed by atoms with Gasteiger partial charge in [-0.3, -0.25) is 4.79 Å². The van der Waals surface area contributed by atoms with Crippen LogP contribution in [0.2, 0.25) is 5.02 Å². The minimum absolute atomic E-state index is 0.0244. The molecule has 2 saturated heterocycles. The average molecular weight is 624 g/mol. The van der Waals surface area contributed by atoms with Crippen LogP contribution in [0, 0.1) is 11.3 Å². The van der Waals surface area contributed by atoms with E-state index in [2.05, 4.69) is 26.3 Å². The second-order valence-corrected chi connectivity index (χ2v) is 10.6. The zero-order chi connectivity index (χ0) is 31.7. The molecule has 4 heterocycles. The Balaban J connectivity index is 0.000000432. The van der Waals surface area contributed by atoms with Gasteiger partial charge in [-0.15, -0.1) is 0 Å². The summed E-state index contributed by atoms with van der Waals surface area (Å²) in [6.45, 7) is 9.59. The zero-order valence-corrected chi connectivity index (χ0v) is 25.3. The molecule has 1 aromatic carbocycles. The van der Waals surface area contributed by atoms with Crippen molar-refractivity contribution in [2.24, 2.45) is 0 Å². The number of nitrogens with zero attached hydrogens (tertiary/aromatic N) is 7. The maximum atomic E-state index is 13.7. The lowest BCUT2D eigenvalue weighted by atomic mass is 10.0. The van der Waals surface area contributed by atoms with Gasteiger partial charge in [0.05, 0.1) is 47.8 Å². The van der Waals surface area contributed by atoms with E-state index in [9.17, 15) is 18.0 Å². The van der Waals surface area contributed by atoms with Gasteiger partial charge in [0.25, 0.3) is 0 Å². The molecule has 0 aliphatic carbocycles. The van der Waals surface area contributed by atoms with Crippen LogP contribution in [0.25, 0.3) is 0 Å². The van der Waals surface area contributed by atoms with Gasteiger partial charge in [0, 0.05) is 58.3 Å². The predicted octanol–water partition coefficient (Wildman–Crippen LogP) is 3.77. The number of β-amino-alcohol motifs (C(OH)–C–C–N with tert-alkyl or cyclic N) is 1. The number of likely N-dealkylation sites (tertiary alicyclic amines) is 1. The Kier molecular flexibility index (Phi) is 12.0. The molecule has 0 radical (unpaired) electrons. The summed E-state index contributed by atoms with van der Waals surface area (Å²) in [5, 5.41) is 15.8. The predicted molar refractivity (Wildman–Crippen MR) is 158 cm³/mol. The summed E-state index contributed by atoms with van der Waals surface area (Å²) in [5.74, 6) is 0.582. The van der Waals surface area contributed by atoms with Crippen molar-refractivity contribution >= 4 is 29.0 Å². The Morgan fingerprint density at radius 2 is 1.86 bits per heavy atom. The van der Waals surface area contributed by atoms with E-state index < -0.39 is 11.7 Å². The summed E-state index contributed by atoms with van der Waals surface area (Å²) in [6.07, 6.45) is -1.92. The van der Waals surface area contributed by atoms with Crippen molar-refractivity contribution in [1.82, 2.24) is 19.8 Å². The molecule has 2 aromatic rings. The van der Waals surface area contributed by atoms with E-state index in [1.165, 1.54) is 38.3 Å². The molecular weight excluding hydrogens is 587 g/mol. The molecule has 1 amide bonds. The fraction of sp³-hybridized carbons (Fsp3) is 0.517. The van der Waals surface area contributed by atoms with Crippen LogP contribution in [0.3, 0.4) is 0 Å². The van der Waals surface area contributed by atoms with Crippen LogP contribution in [-0.4, -0.2) is 96.9 Å². The molecule has 3 aliphatic heterocycles. The zero-order valence-electron chi connectivity index (χ0n) is 24.6. The Morgan fingerprint density at radius 3 is 2.37 bits per heavy atom. The van der Waals surface area contributed by atoms with Crippen LogP contribution >= 0.6 is 11.6 Å². The van der Waals surface area contributed by atoms with Crippen LogP contribution in [-0.2, 0) is 23.9 Å². The molecule has 5 rings (SSSR count). The first-order chi connectivity index (χ1) is 20.4. The number of hydrogen-bond donors (Lipinski definition) is 1. The molecule has 1 N–H and O–H groups in total.